The number of fused-ring (bicyclic) bond motifs is 1. The van der Waals surface area contributed by atoms with Crippen LogP contribution in [0.25, 0.3) is 22.2 Å². The van der Waals surface area contributed by atoms with Gasteiger partial charge in [-0.1, -0.05) is 15.9 Å². The molecule has 0 spiro atoms. The molecule has 2 aromatic heterocycles. The Kier molecular flexibility index (Phi) is 5.40. The van der Waals surface area contributed by atoms with Gasteiger partial charge < -0.3 is 14.8 Å². The molecule has 0 bridgehead atoms. The third kappa shape index (κ3) is 3.77. The third-order valence-corrected chi connectivity index (χ3v) is 5.41. The number of carbonyl (C=O) groups is 1. The lowest BCUT2D eigenvalue weighted by atomic mass is 9.84. The molecular formula is C21H23BrN2O3. The van der Waals surface area contributed by atoms with Crippen molar-refractivity contribution in [1.29, 1.82) is 0 Å². The molecule has 0 radical (unpaired) electrons. The Morgan fingerprint density at radius 2 is 2.11 bits per heavy atom. The molecule has 0 saturated heterocycles. The summed E-state index contributed by atoms with van der Waals surface area (Å²) in [6.45, 7) is 5.45. The van der Waals surface area contributed by atoms with Crippen LogP contribution in [0.5, 0.6) is 0 Å². The van der Waals surface area contributed by atoms with Gasteiger partial charge in [0.25, 0.3) is 0 Å². The Morgan fingerprint density at radius 3 is 2.78 bits per heavy atom. The molecule has 142 valence electrons. The molecule has 0 saturated carbocycles. The van der Waals surface area contributed by atoms with Crippen molar-refractivity contribution in [2.45, 2.75) is 33.3 Å². The van der Waals surface area contributed by atoms with Gasteiger partial charge in [0.2, 0.25) is 0 Å². The number of methoxy groups -OCH3 is 1. The summed E-state index contributed by atoms with van der Waals surface area (Å²) in [7, 11) is 1.65. The molecule has 0 aliphatic carbocycles. The van der Waals surface area contributed by atoms with E-state index < -0.39 is 11.4 Å². The van der Waals surface area contributed by atoms with Gasteiger partial charge >= 0.3 is 5.97 Å². The molecule has 5 nitrogen and oxygen atoms in total. The van der Waals surface area contributed by atoms with Gasteiger partial charge in [-0.25, -0.2) is 0 Å². The average molecular weight is 431 g/mol. The average Bonchev–Trinajstić information content (AvgIpc) is 2.98. The van der Waals surface area contributed by atoms with Crippen molar-refractivity contribution >= 4 is 32.8 Å². The number of carboxylic acids is 1. The van der Waals surface area contributed by atoms with Crippen LogP contribution in [0, 0.1) is 5.41 Å². The lowest BCUT2D eigenvalue weighted by Gasteiger charge is -2.21. The summed E-state index contributed by atoms with van der Waals surface area (Å²) in [5, 5.41) is 10.7. The Bertz CT molecular complexity index is 994. The largest absolute Gasteiger partial charge is 0.481 e. The van der Waals surface area contributed by atoms with Crippen molar-refractivity contribution in [3.63, 3.8) is 0 Å². The first-order valence-corrected chi connectivity index (χ1v) is 9.55. The maximum Gasteiger partial charge on any atom is 0.309 e. The summed E-state index contributed by atoms with van der Waals surface area (Å²) in [6, 6.07) is 9.87. The first kappa shape index (κ1) is 19.6. The molecule has 1 atom stereocenters. The second-order valence-corrected chi connectivity index (χ2v) is 8.26. The van der Waals surface area contributed by atoms with Gasteiger partial charge in [-0.05, 0) is 63.1 Å². The number of pyridine rings is 1. The molecule has 1 unspecified atom stereocenters. The van der Waals surface area contributed by atoms with Crippen LogP contribution in [0.15, 0.2) is 41.0 Å². The Labute approximate surface area is 166 Å². The monoisotopic (exact) mass is 430 g/mol. The maximum absolute atomic E-state index is 11.8. The number of halogens is 1. The minimum Gasteiger partial charge on any atom is -0.481 e. The van der Waals surface area contributed by atoms with Crippen molar-refractivity contribution in [1.82, 2.24) is 9.97 Å². The fourth-order valence-electron chi connectivity index (χ4n) is 3.22. The van der Waals surface area contributed by atoms with Crippen molar-refractivity contribution in [3.05, 3.63) is 52.3 Å². The third-order valence-electron chi connectivity index (χ3n) is 4.91. The molecule has 0 aliphatic heterocycles. The topological polar surface area (TPSA) is 75.2 Å². The zero-order chi connectivity index (χ0) is 19.8. The second-order valence-electron chi connectivity index (χ2n) is 7.35. The molecular weight excluding hydrogens is 408 g/mol. The fourth-order valence-corrected chi connectivity index (χ4v) is 3.58. The first-order valence-electron chi connectivity index (χ1n) is 8.76. The van der Waals surface area contributed by atoms with Crippen LogP contribution in [0.1, 0.15) is 38.1 Å². The van der Waals surface area contributed by atoms with Crippen LogP contribution in [-0.2, 0) is 16.0 Å². The number of hydrogen-bond acceptors (Lipinski definition) is 3. The molecule has 3 rings (SSSR count). The Morgan fingerprint density at radius 1 is 1.37 bits per heavy atom. The van der Waals surface area contributed by atoms with E-state index in [0.717, 1.165) is 37.9 Å². The van der Waals surface area contributed by atoms with Crippen molar-refractivity contribution in [2.75, 3.05) is 7.11 Å². The van der Waals surface area contributed by atoms with Gasteiger partial charge in [-0.2, -0.15) is 0 Å². The minimum atomic E-state index is -0.901. The first-order chi connectivity index (χ1) is 12.7. The van der Waals surface area contributed by atoms with Crippen LogP contribution in [0.2, 0.25) is 0 Å². The molecule has 1 aromatic carbocycles. The van der Waals surface area contributed by atoms with Crippen LogP contribution < -0.4 is 0 Å². The van der Waals surface area contributed by atoms with E-state index in [9.17, 15) is 9.90 Å². The van der Waals surface area contributed by atoms with Gasteiger partial charge in [0.1, 0.15) is 0 Å². The van der Waals surface area contributed by atoms with Crippen molar-refractivity contribution in [2.24, 2.45) is 5.41 Å². The van der Waals surface area contributed by atoms with Gasteiger partial charge in [0, 0.05) is 34.2 Å². The fraction of sp³-hybridized carbons (Fsp3) is 0.333. The number of rotatable bonds is 6. The van der Waals surface area contributed by atoms with E-state index in [-0.39, 0.29) is 6.10 Å². The number of aromatic nitrogens is 2. The van der Waals surface area contributed by atoms with E-state index in [1.54, 1.807) is 27.2 Å². The summed E-state index contributed by atoms with van der Waals surface area (Å²) < 4.78 is 6.44. The zero-order valence-electron chi connectivity index (χ0n) is 15.8. The SMILES string of the molecule is COC(C)c1ncccc1-c1[nH]c2ccc(Br)cc2c1CC(C)(C)C(=O)O. The molecule has 2 N–H and O–H groups in total. The van der Waals surface area contributed by atoms with Crippen LogP contribution in [0.4, 0.5) is 0 Å². The summed E-state index contributed by atoms with van der Waals surface area (Å²) >= 11 is 3.53. The number of benzene rings is 1. The van der Waals surface area contributed by atoms with Crippen LogP contribution in [-0.4, -0.2) is 28.2 Å². The van der Waals surface area contributed by atoms with Gasteiger partial charge in [0.05, 0.1) is 22.9 Å². The standard InChI is InChI=1S/C21H23BrN2O3/c1-12(27-4)18-14(6-5-9-23-18)19-16(11-21(2,3)20(25)26)15-10-13(22)7-8-17(15)24-19/h5-10,12,24H,11H2,1-4H3,(H,25,26). The summed E-state index contributed by atoms with van der Waals surface area (Å²) in [5.74, 6) is -0.825. The number of hydrogen-bond donors (Lipinski definition) is 2. The van der Waals surface area contributed by atoms with Crippen LogP contribution >= 0.6 is 15.9 Å². The highest BCUT2D eigenvalue weighted by Crippen LogP contribution is 2.38. The highest BCUT2D eigenvalue weighted by molar-refractivity contribution is 9.10. The summed E-state index contributed by atoms with van der Waals surface area (Å²) in [4.78, 5) is 19.8. The number of nitrogens with one attached hydrogen (secondary N) is 1. The summed E-state index contributed by atoms with van der Waals surface area (Å²) in [5.41, 5.74) is 3.67. The number of ether oxygens (including phenoxy) is 1. The molecule has 0 fully saturated rings. The smallest absolute Gasteiger partial charge is 0.309 e. The van der Waals surface area contributed by atoms with Crippen molar-refractivity contribution in [3.8, 4) is 11.3 Å². The van der Waals surface area contributed by atoms with E-state index in [2.05, 4.69) is 25.9 Å². The second kappa shape index (κ2) is 7.44. The molecule has 3 aromatic rings. The van der Waals surface area contributed by atoms with Gasteiger partial charge in [-0.15, -0.1) is 0 Å². The van der Waals surface area contributed by atoms with E-state index in [1.807, 2.05) is 37.3 Å². The normalized spacial score (nSPS) is 13.1. The quantitative estimate of drug-likeness (QED) is 0.552. The number of aromatic amines is 1. The summed E-state index contributed by atoms with van der Waals surface area (Å²) in [6.07, 6.45) is 1.96. The highest BCUT2D eigenvalue weighted by atomic mass is 79.9. The number of aliphatic carboxylic acids is 1. The predicted octanol–water partition coefficient (Wildman–Crippen LogP) is 5.35. The molecule has 6 heteroatoms. The van der Waals surface area contributed by atoms with Crippen molar-refractivity contribution < 1.29 is 14.6 Å². The number of carboxylic acid groups (broad SMARTS) is 1. The van der Waals surface area contributed by atoms with E-state index in [1.165, 1.54) is 0 Å². The van der Waals surface area contributed by atoms with E-state index >= 15 is 0 Å². The lowest BCUT2D eigenvalue weighted by molar-refractivity contribution is -0.146. The lowest BCUT2D eigenvalue weighted by Crippen LogP contribution is -2.26. The highest BCUT2D eigenvalue weighted by Gasteiger charge is 2.31. The van der Waals surface area contributed by atoms with E-state index in [4.69, 9.17) is 4.74 Å². The van der Waals surface area contributed by atoms with E-state index in [0.29, 0.717) is 6.42 Å². The Balaban J connectivity index is 2.28. The maximum atomic E-state index is 11.8. The number of H-pyrrole nitrogens is 1. The van der Waals surface area contributed by atoms with Gasteiger partial charge in [-0.3, -0.25) is 9.78 Å². The molecule has 2 heterocycles. The molecule has 27 heavy (non-hydrogen) atoms. The molecule has 0 aliphatic rings. The minimum absolute atomic E-state index is 0.181. The predicted molar refractivity (Wildman–Crippen MR) is 110 cm³/mol. The van der Waals surface area contributed by atoms with Gasteiger partial charge in [0.15, 0.2) is 0 Å². The zero-order valence-corrected chi connectivity index (χ0v) is 17.4. The number of nitrogens with zero attached hydrogens (tertiary/aromatic N) is 1. The molecule has 0 amide bonds. The van der Waals surface area contributed by atoms with Crippen LogP contribution in [0.3, 0.4) is 0 Å². The Hall–Kier alpha value is -2.18.